The molecule has 144 valence electrons. The van der Waals surface area contributed by atoms with E-state index in [1.54, 1.807) is 43.3 Å². The van der Waals surface area contributed by atoms with Crippen LogP contribution in [0.5, 0.6) is 11.5 Å². The molecule has 2 aromatic carbocycles. The van der Waals surface area contributed by atoms with Crippen molar-refractivity contribution in [3.8, 4) is 22.8 Å². The molecule has 2 heterocycles. The summed E-state index contributed by atoms with van der Waals surface area (Å²) in [6.45, 7) is 2.81. The standard InChI is InChI=1S/C20H16Cl2N2O4/c1-11-17(19(24-28-11)18-13(21)4-2-5-14(18)22)20(25)23-12-6-7-15-16(10-12)27-9-3-8-26-15/h2,4-7,10H,3,8-9H2,1H3,(H,23,25). The molecule has 0 aliphatic carbocycles. The van der Waals surface area contributed by atoms with E-state index in [0.717, 1.165) is 6.42 Å². The van der Waals surface area contributed by atoms with Crippen molar-refractivity contribution in [3.05, 3.63) is 57.8 Å². The smallest absolute Gasteiger partial charge is 0.261 e. The Morgan fingerprint density at radius 1 is 1.07 bits per heavy atom. The highest BCUT2D eigenvalue weighted by Crippen LogP contribution is 2.37. The Balaban J connectivity index is 1.67. The van der Waals surface area contributed by atoms with Gasteiger partial charge in [0.25, 0.3) is 5.91 Å². The Kier molecular flexibility index (Phi) is 5.15. The molecule has 0 saturated carbocycles. The van der Waals surface area contributed by atoms with Crippen LogP contribution in [-0.2, 0) is 0 Å². The van der Waals surface area contributed by atoms with Crippen LogP contribution in [0.1, 0.15) is 22.5 Å². The Labute approximate surface area is 171 Å². The van der Waals surface area contributed by atoms with E-state index < -0.39 is 0 Å². The number of aryl methyl sites for hydroxylation is 1. The molecule has 1 aliphatic rings. The fourth-order valence-electron chi connectivity index (χ4n) is 2.97. The summed E-state index contributed by atoms with van der Waals surface area (Å²) in [6.07, 6.45) is 0.804. The molecule has 8 heteroatoms. The number of nitrogens with zero attached hydrogens (tertiary/aromatic N) is 1. The van der Waals surface area contributed by atoms with Crippen molar-refractivity contribution in [2.75, 3.05) is 18.5 Å². The van der Waals surface area contributed by atoms with Crippen LogP contribution in [0.4, 0.5) is 5.69 Å². The Morgan fingerprint density at radius 2 is 1.79 bits per heavy atom. The first kappa shape index (κ1) is 18.7. The minimum Gasteiger partial charge on any atom is -0.490 e. The van der Waals surface area contributed by atoms with Gasteiger partial charge in [0.1, 0.15) is 17.0 Å². The molecule has 1 aliphatic heterocycles. The zero-order valence-electron chi connectivity index (χ0n) is 14.9. The van der Waals surface area contributed by atoms with Crippen LogP contribution in [0.2, 0.25) is 10.0 Å². The molecule has 3 aromatic rings. The number of hydrogen-bond donors (Lipinski definition) is 1. The molecule has 6 nitrogen and oxygen atoms in total. The lowest BCUT2D eigenvalue weighted by atomic mass is 10.1. The highest BCUT2D eigenvalue weighted by Gasteiger charge is 2.25. The highest BCUT2D eigenvalue weighted by molar-refractivity contribution is 6.39. The van der Waals surface area contributed by atoms with Gasteiger partial charge in [-0.2, -0.15) is 0 Å². The third-order valence-corrected chi connectivity index (χ3v) is 4.92. The molecule has 0 bridgehead atoms. The molecule has 1 N–H and O–H groups in total. The number of ether oxygens (including phenoxy) is 2. The van der Waals surface area contributed by atoms with Gasteiger partial charge in [0.2, 0.25) is 0 Å². The van der Waals surface area contributed by atoms with Gasteiger partial charge in [0.05, 0.1) is 23.3 Å². The monoisotopic (exact) mass is 418 g/mol. The lowest BCUT2D eigenvalue weighted by Crippen LogP contribution is -2.13. The van der Waals surface area contributed by atoms with Gasteiger partial charge in [-0.15, -0.1) is 0 Å². The highest BCUT2D eigenvalue weighted by atomic mass is 35.5. The van der Waals surface area contributed by atoms with Crippen LogP contribution >= 0.6 is 23.2 Å². The average Bonchev–Trinajstić information content (AvgIpc) is 2.88. The number of benzene rings is 2. The summed E-state index contributed by atoms with van der Waals surface area (Å²) in [4.78, 5) is 13.0. The van der Waals surface area contributed by atoms with E-state index in [4.69, 9.17) is 37.2 Å². The number of hydrogen-bond acceptors (Lipinski definition) is 5. The van der Waals surface area contributed by atoms with Gasteiger partial charge in [-0.05, 0) is 31.2 Å². The molecule has 1 amide bonds. The third kappa shape index (κ3) is 3.53. The average molecular weight is 419 g/mol. The first-order valence-electron chi connectivity index (χ1n) is 8.66. The molecule has 0 radical (unpaired) electrons. The first-order valence-corrected chi connectivity index (χ1v) is 9.42. The number of aromatic nitrogens is 1. The van der Waals surface area contributed by atoms with Crippen LogP contribution in [0.25, 0.3) is 11.3 Å². The minimum absolute atomic E-state index is 0.266. The molecule has 4 rings (SSSR count). The Bertz CT molecular complexity index is 1030. The second-order valence-electron chi connectivity index (χ2n) is 6.23. The predicted molar refractivity (Wildman–Crippen MR) is 107 cm³/mol. The summed E-state index contributed by atoms with van der Waals surface area (Å²) in [7, 11) is 0. The van der Waals surface area contributed by atoms with Gasteiger partial charge in [-0.25, -0.2) is 0 Å². The molecule has 1 aromatic heterocycles. The largest absolute Gasteiger partial charge is 0.490 e. The zero-order chi connectivity index (χ0) is 19.7. The van der Waals surface area contributed by atoms with Gasteiger partial charge in [0, 0.05) is 23.7 Å². The van der Waals surface area contributed by atoms with Crippen molar-refractivity contribution in [1.29, 1.82) is 0 Å². The van der Waals surface area contributed by atoms with Crippen molar-refractivity contribution in [2.45, 2.75) is 13.3 Å². The number of anilines is 1. The van der Waals surface area contributed by atoms with Crippen molar-refractivity contribution >= 4 is 34.8 Å². The van der Waals surface area contributed by atoms with E-state index in [-0.39, 0.29) is 11.5 Å². The SMILES string of the molecule is Cc1onc(-c2c(Cl)cccc2Cl)c1C(=O)Nc1ccc2c(c1)OCCCO2. The van der Waals surface area contributed by atoms with Gasteiger partial charge in [-0.1, -0.05) is 34.4 Å². The quantitative estimate of drug-likeness (QED) is 0.618. The fraction of sp³-hybridized carbons (Fsp3) is 0.200. The van der Waals surface area contributed by atoms with Gasteiger partial charge in [-0.3, -0.25) is 4.79 Å². The molecule has 28 heavy (non-hydrogen) atoms. The van der Waals surface area contributed by atoms with Crippen molar-refractivity contribution in [1.82, 2.24) is 5.16 Å². The number of carbonyl (C=O) groups is 1. The first-order chi connectivity index (χ1) is 13.5. The van der Waals surface area contributed by atoms with E-state index in [9.17, 15) is 4.79 Å². The lowest BCUT2D eigenvalue weighted by Gasteiger charge is -2.11. The number of rotatable bonds is 3. The van der Waals surface area contributed by atoms with E-state index in [0.29, 0.717) is 57.5 Å². The maximum Gasteiger partial charge on any atom is 0.261 e. The van der Waals surface area contributed by atoms with Crippen molar-refractivity contribution in [2.24, 2.45) is 0 Å². The van der Waals surface area contributed by atoms with Crippen molar-refractivity contribution in [3.63, 3.8) is 0 Å². The van der Waals surface area contributed by atoms with Crippen LogP contribution < -0.4 is 14.8 Å². The number of carbonyl (C=O) groups excluding carboxylic acids is 1. The number of amides is 1. The number of fused-ring (bicyclic) bond motifs is 1. The summed E-state index contributed by atoms with van der Waals surface area (Å²) < 4.78 is 16.5. The molecule has 0 spiro atoms. The van der Waals surface area contributed by atoms with Crippen LogP contribution in [0, 0.1) is 6.92 Å². The second kappa shape index (κ2) is 7.73. The predicted octanol–water partition coefficient (Wildman–Crippen LogP) is 5.37. The maximum absolute atomic E-state index is 13.0. The lowest BCUT2D eigenvalue weighted by molar-refractivity contribution is 0.102. The molecule has 0 saturated heterocycles. The summed E-state index contributed by atoms with van der Waals surface area (Å²) in [5.41, 5.74) is 1.57. The second-order valence-corrected chi connectivity index (χ2v) is 7.04. The van der Waals surface area contributed by atoms with Crippen molar-refractivity contribution < 1.29 is 18.8 Å². The van der Waals surface area contributed by atoms with Gasteiger partial charge >= 0.3 is 0 Å². The molecular weight excluding hydrogens is 403 g/mol. The molecule has 0 atom stereocenters. The molecule has 0 unspecified atom stereocenters. The maximum atomic E-state index is 13.0. The van der Waals surface area contributed by atoms with Crippen LogP contribution in [-0.4, -0.2) is 24.3 Å². The summed E-state index contributed by atoms with van der Waals surface area (Å²) in [6, 6.07) is 10.3. The fourth-order valence-corrected chi connectivity index (χ4v) is 3.55. The topological polar surface area (TPSA) is 73.6 Å². The van der Waals surface area contributed by atoms with E-state index in [1.165, 1.54) is 0 Å². The van der Waals surface area contributed by atoms with E-state index in [2.05, 4.69) is 10.5 Å². The summed E-state index contributed by atoms with van der Waals surface area (Å²) in [5, 5.41) is 7.61. The van der Waals surface area contributed by atoms with Crippen LogP contribution in [0.3, 0.4) is 0 Å². The third-order valence-electron chi connectivity index (χ3n) is 4.29. The van der Waals surface area contributed by atoms with Gasteiger partial charge < -0.3 is 19.3 Å². The minimum atomic E-state index is -0.390. The normalized spacial score (nSPS) is 13.1. The summed E-state index contributed by atoms with van der Waals surface area (Å²) >= 11 is 12.6. The number of halogens is 2. The molecule has 0 fully saturated rings. The summed E-state index contributed by atoms with van der Waals surface area (Å²) in [5.74, 6) is 1.21. The van der Waals surface area contributed by atoms with Crippen LogP contribution in [0.15, 0.2) is 40.9 Å². The molecular formula is C20H16Cl2N2O4. The van der Waals surface area contributed by atoms with Gasteiger partial charge in [0.15, 0.2) is 11.5 Å². The zero-order valence-corrected chi connectivity index (χ0v) is 16.4. The Morgan fingerprint density at radius 3 is 2.54 bits per heavy atom. The Hall–Kier alpha value is -2.70. The van der Waals surface area contributed by atoms with E-state index in [1.807, 2.05) is 0 Å². The van der Waals surface area contributed by atoms with E-state index >= 15 is 0 Å². The number of nitrogens with one attached hydrogen (secondary N) is 1.